The number of halogens is 2. The number of hydrogen-bond donors (Lipinski definition) is 1. The van der Waals surface area contributed by atoms with Crippen molar-refractivity contribution in [1.82, 2.24) is 24.1 Å². The van der Waals surface area contributed by atoms with Crippen LogP contribution in [0.4, 0.5) is 8.78 Å². The van der Waals surface area contributed by atoms with E-state index in [2.05, 4.69) is 10.4 Å². The maximum absolute atomic E-state index is 13.7. The molecular formula is C24H31F2N5O3S. The first-order chi connectivity index (χ1) is 16.3. The first-order valence-electron chi connectivity index (χ1n) is 11.8. The van der Waals surface area contributed by atoms with E-state index in [-0.39, 0.29) is 34.6 Å². The van der Waals surface area contributed by atoms with E-state index in [0.29, 0.717) is 31.4 Å². The van der Waals surface area contributed by atoms with Crippen molar-refractivity contribution in [2.45, 2.75) is 76.2 Å². The van der Waals surface area contributed by atoms with Gasteiger partial charge in [0.25, 0.3) is 15.9 Å². The third-order valence-corrected chi connectivity index (χ3v) is 7.91. The number of nitrogens with zero attached hydrogens (tertiary/aromatic N) is 4. The summed E-state index contributed by atoms with van der Waals surface area (Å²) in [5.41, 5.74) is 1.08. The van der Waals surface area contributed by atoms with Crippen molar-refractivity contribution in [3.63, 3.8) is 0 Å². The molecule has 11 heteroatoms. The maximum atomic E-state index is 13.7. The molecule has 3 aromatic rings. The number of fused-ring (bicyclic) bond motifs is 1. The van der Waals surface area contributed by atoms with E-state index in [1.807, 2.05) is 25.3 Å². The lowest BCUT2D eigenvalue weighted by molar-refractivity contribution is -0.0473. The van der Waals surface area contributed by atoms with Gasteiger partial charge in [-0.2, -0.15) is 17.6 Å². The van der Waals surface area contributed by atoms with Crippen molar-refractivity contribution in [3.8, 4) is 0 Å². The van der Waals surface area contributed by atoms with Crippen LogP contribution >= 0.6 is 0 Å². The summed E-state index contributed by atoms with van der Waals surface area (Å²) in [5, 5.41) is 6.49. The van der Waals surface area contributed by atoms with Gasteiger partial charge in [0.1, 0.15) is 5.82 Å². The average Bonchev–Trinajstić information content (AvgIpc) is 3.41. The minimum atomic E-state index is -4.04. The second kappa shape index (κ2) is 9.00. The molecule has 0 atom stereocenters. The molecule has 1 amide bonds. The van der Waals surface area contributed by atoms with Crippen LogP contribution in [-0.2, 0) is 22.0 Å². The Hall–Kier alpha value is -2.82. The average molecular weight is 508 g/mol. The minimum absolute atomic E-state index is 0.00188. The number of alkyl halides is 2. The first-order valence-corrected chi connectivity index (χ1v) is 13.2. The van der Waals surface area contributed by atoms with Crippen LogP contribution in [-0.4, -0.2) is 45.5 Å². The predicted octanol–water partition coefficient (Wildman–Crippen LogP) is 4.34. The van der Waals surface area contributed by atoms with Crippen LogP contribution in [0.1, 0.15) is 69.6 Å². The van der Waals surface area contributed by atoms with E-state index < -0.39 is 21.9 Å². The Morgan fingerprint density at radius 1 is 1.23 bits per heavy atom. The van der Waals surface area contributed by atoms with Gasteiger partial charge in [0.15, 0.2) is 0 Å². The predicted molar refractivity (Wildman–Crippen MR) is 128 cm³/mol. The quantitative estimate of drug-likeness (QED) is 0.535. The molecule has 1 aliphatic carbocycles. The van der Waals surface area contributed by atoms with Crippen LogP contribution in [0.25, 0.3) is 11.0 Å². The number of amides is 1. The second-order valence-corrected chi connectivity index (χ2v) is 12.0. The second-order valence-electron chi connectivity index (χ2n) is 10.2. The van der Waals surface area contributed by atoms with Gasteiger partial charge in [-0.3, -0.25) is 4.79 Å². The highest BCUT2D eigenvalue weighted by Crippen LogP contribution is 2.38. The smallest absolute Gasteiger partial charge is 0.283 e. The van der Waals surface area contributed by atoms with Gasteiger partial charge in [0.2, 0.25) is 5.92 Å². The van der Waals surface area contributed by atoms with Gasteiger partial charge in [-0.05, 0) is 43.9 Å². The van der Waals surface area contributed by atoms with Crippen LogP contribution in [0, 0.1) is 5.92 Å². The van der Waals surface area contributed by atoms with Gasteiger partial charge in [-0.1, -0.05) is 20.8 Å². The van der Waals surface area contributed by atoms with Gasteiger partial charge in [0.05, 0.1) is 33.9 Å². The fourth-order valence-electron chi connectivity index (χ4n) is 4.49. The third kappa shape index (κ3) is 5.10. The van der Waals surface area contributed by atoms with E-state index >= 15 is 0 Å². The molecule has 2 heterocycles. The molecule has 2 aromatic heterocycles. The van der Waals surface area contributed by atoms with Crippen LogP contribution in [0.5, 0.6) is 0 Å². The Kier molecular flexibility index (Phi) is 6.50. The van der Waals surface area contributed by atoms with E-state index in [0.717, 1.165) is 15.4 Å². The van der Waals surface area contributed by atoms with Crippen molar-refractivity contribution in [1.29, 1.82) is 0 Å². The molecule has 1 aromatic carbocycles. The fourth-order valence-corrected chi connectivity index (χ4v) is 5.63. The molecule has 0 bridgehead atoms. The molecule has 1 saturated carbocycles. The molecule has 0 aliphatic heterocycles. The Balaban J connectivity index is 1.69. The molecule has 1 aliphatic rings. The SMILES string of the molecule is CCNC(=O)c1cnn(S(=O)(=O)c2ccc3c(c2)nc(C(C)(C)C)n3CC2CCC(F)(F)CC2)c1. The summed E-state index contributed by atoms with van der Waals surface area (Å²) in [6, 6.07) is 4.69. The molecule has 4 rings (SSSR count). The van der Waals surface area contributed by atoms with E-state index in [1.165, 1.54) is 24.5 Å². The molecule has 0 saturated heterocycles. The number of imidazole rings is 1. The summed E-state index contributed by atoms with van der Waals surface area (Å²) < 4.78 is 56.5. The normalized spacial score (nSPS) is 17.1. The minimum Gasteiger partial charge on any atom is -0.352 e. The molecule has 8 nitrogen and oxygen atoms in total. The highest BCUT2D eigenvalue weighted by molar-refractivity contribution is 7.89. The lowest BCUT2D eigenvalue weighted by Crippen LogP contribution is -2.28. The summed E-state index contributed by atoms with van der Waals surface area (Å²) in [6.45, 7) is 8.79. The van der Waals surface area contributed by atoms with Crippen LogP contribution in [0.2, 0.25) is 0 Å². The van der Waals surface area contributed by atoms with Gasteiger partial charge in [-0.25, -0.2) is 13.8 Å². The fraction of sp³-hybridized carbons (Fsp3) is 0.542. The molecule has 1 N–H and O–H groups in total. The topological polar surface area (TPSA) is 98.9 Å². The largest absolute Gasteiger partial charge is 0.352 e. The van der Waals surface area contributed by atoms with Crippen LogP contribution < -0.4 is 5.32 Å². The molecule has 35 heavy (non-hydrogen) atoms. The summed E-state index contributed by atoms with van der Waals surface area (Å²) in [4.78, 5) is 16.8. The summed E-state index contributed by atoms with van der Waals surface area (Å²) in [7, 11) is -4.04. The molecular weight excluding hydrogens is 476 g/mol. The van der Waals surface area contributed by atoms with Gasteiger partial charge < -0.3 is 9.88 Å². The Labute approximate surface area is 203 Å². The summed E-state index contributed by atoms with van der Waals surface area (Å²) >= 11 is 0. The number of benzene rings is 1. The van der Waals surface area contributed by atoms with Crippen molar-refractivity contribution in [2.75, 3.05) is 6.54 Å². The Morgan fingerprint density at radius 3 is 2.54 bits per heavy atom. The summed E-state index contributed by atoms with van der Waals surface area (Å²) in [6.07, 6.45) is 3.05. The number of carbonyl (C=O) groups excluding carboxylic acids is 1. The zero-order valence-electron chi connectivity index (χ0n) is 20.4. The van der Waals surface area contributed by atoms with Gasteiger partial charge in [-0.15, -0.1) is 0 Å². The Bertz CT molecular complexity index is 1350. The van der Waals surface area contributed by atoms with E-state index in [1.54, 1.807) is 13.0 Å². The summed E-state index contributed by atoms with van der Waals surface area (Å²) in [5.74, 6) is -2.11. The maximum Gasteiger partial charge on any atom is 0.283 e. The number of carbonyl (C=O) groups is 1. The van der Waals surface area contributed by atoms with Crippen molar-refractivity contribution in [2.24, 2.45) is 5.92 Å². The lowest BCUT2D eigenvalue weighted by Gasteiger charge is -2.30. The molecule has 190 valence electrons. The lowest BCUT2D eigenvalue weighted by atomic mass is 9.86. The number of rotatable bonds is 6. The third-order valence-electron chi connectivity index (χ3n) is 6.37. The highest BCUT2D eigenvalue weighted by Gasteiger charge is 2.36. The Morgan fingerprint density at radius 2 is 1.91 bits per heavy atom. The first kappa shape index (κ1) is 25.3. The van der Waals surface area contributed by atoms with Gasteiger partial charge in [0, 0.05) is 31.3 Å². The molecule has 1 fully saturated rings. The number of aromatic nitrogens is 4. The van der Waals surface area contributed by atoms with Crippen LogP contribution in [0.3, 0.4) is 0 Å². The van der Waals surface area contributed by atoms with Gasteiger partial charge >= 0.3 is 0 Å². The molecule has 0 unspecified atom stereocenters. The molecule has 0 spiro atoms. The van der Waals surface area contributed by atoms with E-state index in [9.17, 15) is 22.0 Å². The van der Waals surface area contributed by atoms with Crippen molar-refractivity contribution >= 4 is 27.0 Å². The standard InChI is InChI=1S/C24H31F2N5O3S/c1-5-27-21(32)17-13-28-31(15-17)35(33,34)18-6-7-20-19(12-18)29-22(23(2,3)4)30(20)14-16-8-10-24(25,26)11-9-16/h6-7,12-13,15-16H,5,8-11,14H2,1-4H3,(H,27,32). The number of hydrogen-bond acceptors (Lipinski definition) is 5. The highest BCUT2D eigenvalue weighted by atomic mass is 32.2. The van der Waals surface area contributed by atoms with Crippen molar-refractivity contribution < 1.29 is 22.0 Å². The molecule has 0 radical (unpaired) electrons. The number of nitrogens with one attached hydrogen (secondary N) is 1. The zero-order chi connectivity index (χ0) is 25.6. The monoisotopic (exact) mass is 507 g/mol. The zero-order valence-corrected chi connectivity index (χ0v) is 21.2. The van der Waals surface area contributed by atoms with E-state index in [4.69, 9.17) is 4.98 Å². The van der Waals surface area contributed by atoms with Crippen LogP contribution in [0.15, 0.2) is 35.5 Å². The van der Waals surface area contributed by atoms with Crippen molar-refractivity contribution in [3.05, 3.63) is 42.0 Å².